The second-order valence-electron chi connectivity index (χ2n) is 5.01. The minimum Gasteiger partial charge on any atom is -0.507 e. The molecule has 1 spiro atoms. The van der Waals surface area contributed by atoms with E-state index in [0.29, 0.717) is 0 Å². The van der Waals surface area contributed by atoms with E-state index in [4.69, 9.17) is 26.3 Å². The molecule has 1 atom stereocenters. The van der Waals surface area contributed by atoms with E-state index in [1.807, 2.05) is 6.07 Å². The third kappa shape index (κ3) is 1.72. The number of carbonyl (C=O) groups excluding carboxylic acids is 2. The summed E-state index contributed by atoms with van der Waals surface area (Å²) in [4.78, 5) is 24.2. The number of halogens is 1. The Morgan fingerprint density at radius 3 is 2.82 bits per heavy atom. The smallest absolute Gasteiger partial charge is 0.228 e. The highest BCUT2D eigenvalue weighted by atomic mass is 35.5. The molecule has 0 amide bonds. The summed E-state index contributed by atoms with van der Waals surface area (Å²) < 4.78 is 10.8. The number of Topliss-reactive ketones (excluding diaryl/α,β-unsaturated/α-hetero) is 1. The minimum atomic E-state index is -1.67. The van der Waals surface area contributed by atoms with Gasteiger partial charge in [0.15, 0.2) is 11.5 Å². The fourth-order valence-electron chi connectivity index (χ4n) is 2.69. The van der Waals surface area contributed by atoms with Crippen molar-refractivity contribution in [1.82, 2.24) is 0 Å². The minimum absolute atomic E-state index is 0.00290. The second kappa shape index (κ2) is 4.75. The molecule has 1 aliphatic heterocycles. The molecular formula is C15H10ClNO5. The molecule has 0 radical (unpaired) electrons. The van der Waals surface area contributed by atoms with E-state index in [1.54, 1.807) is 0 Å². The molecule has 0 aromatic heterocycles. The van der Waals surface area contributed by atoms with E-state index in [1.165, 1.54) is 13.2 Å². The zero-order valence-electron chi connectivity index (χ0n) is 11.5. The third-order valence-corrected chi connectivity index (χ3v) is 4.21. The zero-order chi connectivity index (χ0) is 16.1. The van der Waals surface area contributed by atoms with Crippen molar-refractivity contribution in [3.05, 3.63) is 34.1 Å². The van der Waals surface area contributed by atoms with Crippen LogP contribution in [0.15, 0.2) is 17.9 Å². The Hall–Kier alpha value is -2.52. The van der Waals surface area contributed by atoms with Gasteiger partial charge in [-0.05, 0) is 0 Å². The SMILES string of the molecule is COc1cc(C#N)c(Cl)c2c1C(=O)[C@@]1(CCC(=O)C=C1O)O2. The second-order valence-corrected chi connectivity index (χ2v) is 5.39. The van der Waals surface area contributed by atoms with E-state index < -0.39 is 17.1 Å². The van der Waals surface area contributed by atoms with Crippen LogP contribution in [-0.2, 0) is 4.79 Å². The first kappa shape index (κ1) is 14.4. The number of rotatable bonds is 1. The van der Waals surface area contributed by atoms with Crippen LogP contribution >= 0.6 is 11.6 Å². The lowest BCUT2D eigenvalue weighted by Gasteiger charge is -2.28. The van der Waals surface area contributed by atoms with E-state index >= 15 is 0 Å². The van der Waals surface area contributed by atoms with Gasteiger partial charge in [0.05, 0.1) is 12.7 Å². The maximum absolute atomic E-state index is 12.8. The van der Waals surface area contributed by atoms with Crippen LogP contribution in [0.25, 0.3) is 0 Å². The van der Waals surface area contributed by atoms with E-state index in [9.17, 15) is 14.7 Å². The lowest BCUT2D eigenvalue weighted by Crippen LogP contribution is -2.45. The van der Waals surface area contributed by atoms with Gasteiger partial charge in [0.1, 0.15) is 28.2 Å². The fourth-order valence-corrected chi connectivity index (χ4v) is 2.92. The molecule has 6 nitrogen and oxygen atoms in total. The van der Waals surface area contributed by atoms with Crippen LogP contribution < -0.4 is 9.47 Å². The van der Waals surface area contributed by atoms with Crippen LogP contribution in [0.5, 0.6) is 11.5 Å². The average molecular weight is 320 g/mol. The Balaban J connectivity index is 2.24. The topological polar surface area (TPSA) is 96.6 Å². The summed E-state index contributed by atoms with van der Waals surface area (Å²) in [6.07, 6.45) is 1.05. The van der Waals surface area contributed by atoms with Gasteiger partial charge >= 0.3 is 0 Å². The highest BCUT2D eigenvalue weighted by molar-refractivity contribution is 6.34. The Morgan fingerprint density at radius 2 is 2.23 bits per heavy atom. The molecular weight excluding hydrogens is 310 g/mol. The predicted octanol–water partition coefficient (Wildman–Crippen LogP) is 2.34. The molecule has 0 fully saturated rings. The predicted molar refractivity (Wildman–Crippen MR) is 75.4 cm³/mol. The molecule has 1 aromatic carbocycles. The molecule has 7 heteroatoms. The molecule has 1 aliphatic carbocycles. The summed E-state index contributed by atoms with van der Waals surface area (Å²) >= 11 is 6.10. The molecule has 3 rings (SSSR count). The normalized spacial score (nSPS) is 22.9. The van der Waals surface area contributed by atoms with Gasteiger partial charge in [-0.25, -0.2) is 0 Å². The number of methoxy groups -OCH3 is 1. The number of nitriles is 1. The summed E-state index contributed by atoms with van der Waals surface area (Å²) in [5.41, 5.74) is -1.50. The van der Waals surface area contributed by atoms with Gasteiger partial charge < -0.3 is 14.6 Å². The molecule has 2 aliphatic rings. The molecule has 0 saturated carbocycles. The largest absolute Gasteiger partial charge is 0.507 e. The van der Waals surface area contributed by atoms with Crippen molar-refractivity contribution in [2.24, 2.45) is 0 Å². The van der Waals surface area contributed by atoms with Crippen LogP contribution in [0.3, 0.4) is 0 Å². The summed E-state index contributed by atoms with van der Waals surface area (Å²) in [6.45, 7) is 0. The van der Waals surface area contributed by atoms with Crippen LogP contribution in [0.1, 0.15) is 28.8 Å². The summed E-state index contributed by atoms with van der Waals surface area (Å²) in [5, 5.41) is 19.2. The standard InChI is InChI=1S/C15H10ClNO5/c1-21-9-4-7(6-17)12(16)13-11(9)14(20)15(22-13)3-2-8(18)5-10(15)19/h4-5,19H,2-3H2,1H3/t15-/m0/s1. The molecule has 1 heterocycles. The first-order valence-electron chi connectivity index (χ1n) is 6.43. The quantitative estimate of drug-likeness (QED) is 0.853. The van der Waals surface area contributed by atoms with Crippen LogP contribution in [0.4, 0.5) is 0 Å². The molecule has 112 valence electrons. The number of allylic oxidation sites excluding steroid dienone is 1. The van der Waals surface area contributed by atoms with E-state index in [-0.39, 0.29) is 46.3 Å². The molecule has 1 N–H and O–H groups in total. The van der Waals surface area contributed by atoms with E-state index in [2.05, 4.69) is 0 Å². The van der Waals surface area contributed by atoms with Crippen molar-refractivity contribution in [3.63, 3.8) is 0 Å². The lowest BCUT2D eigenvalue weighted by molar-refractivity contribution is -0.116. The Morgan fingerprint density at radius 1 is 1.50 bits per heavy atom. The maximum atomic E-state index is 12.8. The molecule has 0 saturated heterocycles. The highest BCUT2D eigenvalue weighted by Crippen LogP contribution is 2.50. The summed E-state index contributed by atoms with van der Waals surface area (Å²) in [5.74, 6) is -1.14. The number of aliphatic hydroxyl groups is 1. The Labute approximate surface area is 130 Å². The van der Waals surface area contributed by atoms with Gasteiger partial charge in [-0.15, -0.1) is 0 Å². The highest BCUT2D eigenvalue weighted by Gasteiger charge is 2.55. The number of fused-ring (bicyclic) bond motifs is 1. The molecule has 0 unspecified atom stereocenters. The average Bonchev–Trinajstić information content (AvgIpc) is 2.80. The van der Waals surface area contributed by atoms with Crippen molar-refractivity contribution >= 4 is 23.2 Å². The molecule has 22 heavy (non-hydrogen) atoms. The Kier molecular flexibility index (Phi) is 3.11. The monoisotopic (exact) mass is 319 g/mol. The number of ketones is 2. The number of ether oxygens (including phenoxy) is 2. The molecule has 0 bridgehead atoms. The number of hydrogen-bond acceptors (Lipinski definition) is 6. The van der Waals surface area contributed by atoms with Crippen LogP contribution in [0.2, 0.25) is 5.02 Å². The fraction of sp³-hybridized carbons (Fsp3) is 0.267. The van der Waals surface area contributed by atoms with Crippen molar-refractivity contribution in [2.75, 3.05) is 7.11 Å². The van der Waals surface area contributed by atoms with Crippen LogP contribution in [-0.4, -0.2) is 29.4 Å². The summed E-state index contributed by atoms with van der Waals surface area (Å²) in [7, 11) is 1.35. The van der Waals surface area contributed by atoms with Gasteiger partial charge in [-0.2, -0.15) is 5.26 Å². The van der Waals surface area contributed by atoms with Gasteiger partial charge in [0.25, 0.3) is 0 Å². The van der Waals surface area contributed by atoms with Crippen molar-refractivity contribution in [1.29, 1.82) is 5.26 Å². The number of carbonyl (C=O) groups is 2. The number of hydrogen-bond donors (Lipinski definition) is 1. The van der Waals surface area contributed by atoms with Crippen molar-refractivity contribution in [2.45, 2.75) is 18.4 Å². The van der Waals surface area contributed by atoms with Gasteiger partial charge in [-0.3, -0.25) is 9.59 Å². The number of benzene rings is 1. The van der Waals surface area contributed by atoms with Crippen LogP contribution in [0, 0.1) is 11.3 Å². The number of nitrogens with zero attached hydrogens (tertiary/aromatic N) is 1. The number of aliphatic hydroxyl groups excluding tert-OH is 1. The Bertz CT molecular complexity index is 792. The maximum Gasteiger partial charge on any atom is 0.228 e. The van der Waals surface area contributed by atoms with Gasteiger partial charge in [0.2, 0.25) is 11.4 Å². The van der Waals surface area contributed by atoms with Crippen molar-refractivity contribution in [3.8, 4) is 17.6 Å². The first-order valence-corrected chi connectivity index (χ1v) is 6.80. The van der Waals surface area contributed by atoms with Crippen molar-refractivity contribution < 1.29 is 24.2 Å². The molecule has 1 aromatic rings. The summed E-state index contributed by atoms with van der Waals surface area (Å²) in [6, 6.07) is 3.23. The third-order valence-electron chi connectivity index (χ3n) is 3.83. The first-order chi connectivity index (χ1) is 10.4. The zero-order valence-corrected chi connectivity index (χ0v) is 12.2. The van der Waals surface area contributed by atoms with E-state index in [0.717, 1.165) is 6.08 Å². The lowest BCUT2D eigenvalue weighted by atomic mass is 9.83. The van der Waals surface area contributed by atoms with Gasteiger partial charge in [-0.1, -0.05) is 11.6 Å². The van der Waals surface area contributed by atoms with Gasteiger partial charge in [0, 0.05) is 25.0 Å².